The van der Waals surface area contributed by atoms with Gasteiger partial charge in [0.25, 0.3) is 11.8 Å². The molecule has 0 aromatic heterocycles. The van der Waals surface area contributed by atoms with E-state index in [-0.39, 0.29) is 24.8 Å². The van der Waals surface area contributed by atoms with Gasteiger partial charge in [-0.1, -0.05) is 56.3 Å². The van der Waals surface area contributed by atoms with Gasteiger partial charge in [0.1, 0.15) is 11.8 Å². The quantitative estimate of drug-likeness (QED) is 0.413. The molecule has 0 saturated carbocycles. The van der Waals surface area contributed by atoms with Gasteiger partial charge in [-0.05, 0) is 36.1 Å². The van der Waals surface area contributed by atoms with Crippen LogP contribution in [0.4, 0.5) is 8.78 Å². The molecule has 38 heavy (non-hydrogen) atoms. The highest BCUT2D eigenvalue weighted by Gasteiger charge is 2.51. The maximum atomic E-state index is 14.5. The number of hydrogen-bond acceptors (Lipinski definition) is 5. The van der Waals surface area contributed by atoms with Crippen molar-refractivity contribution < 1.29 is 33.0 Å². The largest absolute Gasteiger partial charge is 0.497 e. The van der Waals surface area contributed by atoms with Crippen molar-refractivity contribution in [3.8, 4) is 5.75 Å². The Morgan fingerprint density at radius 2 is 1.82 bits per heavy atom. The van der Waals surface area contributed by atoms with Crippen molar-refractivity contribution in [1.29, 1.82) is 0 Å². The number of ether oxygens (including phenoxy) is 1. The summed E-state index contributed by atoms with van der Waals surface area (Å²) in [5.41, 5.74) is 1.43. The molecule has 1 saturated heterocycles. The molecule has 1 fully saturated rings. The number of aliphatic hydroxyl groups excluding tert-OH is 1. The van der Waals surface area contributed by atoms with Crippen LogP contribution in [0.5, 0.6) is 5.75 Å². The lowest BCUT2D eigenvalue weighted by atomic mass is 9.98. The van der Waals surface area contributed by atoms with E-state index in [1.54, 1.807) is 61.5 Å². The van der Waals surface area contributed by atoms with Crippen molar-refractivity contribution in [3.63, 3.8) is 0 Å². The second-order valence-electron chi connectivity index (χ2n) is 9.67. The molecule has 8 nitrogen and oxygen atoms in total. The number of carbonyl (C=O) groups excluding carboxylic acids is 3. The standard InChI is InChI=1S/C28H35F2N3O5/c1-4-18(2)25(35)32-22(14-19-9-6-5-7-10-19)24(34)27(37)33-17-28(29,30)15-23(33)26(36)31-16-20-11-8-12-21(13-20)38-3/h5-13,18,22-24,34H,4,14-17H2,1-3H3,(H,31,36)(H,32,35). The number of aliphatic hydroxyl groups is 1. The predicted octanol–water partition coefficient (Wildman–Crippen LogP) is 2.68. The van der Waals surface area contributed by atoms with Gasteiger partial charge < -0.3 is 25.4 Å². The Balaban J connectivity index is 1.77. The van der Waals surface area contributed by atoms with Crippen molar-refractivity contribution in [1.82, 2.24) is 15.5 Å². The van der Waals surface area contributed by atoms with Crippen LogP contribution in [0.15, 0.2) is 54.6 Å². The third-order valence-electron chi connectivity index (χ3n) is 6.78. The van der Waals surface area contributed by atoms with Crippen molar-refractivity contribution in [2.45, 2.75) is 63.8 Å². The van der Waals surface area contributed by atoms with Gasteiger partial charge in [-0.25, -0.2) is 8.78 Å². The molecule has 1 heterocycles. The van der Waals surface area contributed by atoms with E-state index in [4.69, 9.17) is 4.74 Å². The Kier molecular flexibility index (Phi) is 9.79. The monoisotopic (exact) mass is 531 g/mol. The Bertz CT molecular complexity index is 1110. The molecule has 4 unspecified atom stereocenters. The fourth-order valence-electron chi connectivity index (χ4n) is 4.33. The van der Waals surface area contributed by atoms with Crippen LogP contribution in [0.2, 0.25) is 0 Å². The van der Waals surface area contributed by atoms with E-state index in [0.717, 1.165) is 10.5 Å². The lowest BCUT2D eigenvalue weighted by Crippen LogP contribution is -2.56. The molecule has 3 N–H and O–H groups in total. The average molecular weight is 532 g/mol. The number of alkyl halides is 2. The van der Waals surface area contributed by atoms with Crippen LogP contribution in [0.1, 0.15) is 37.8 Å². The van der Waals surface area contributed by atoms with Gasteiger partial charge in [0.15, 0.2) is 6.10 Å². The predicted molar refractivity (Wildman–Crippen MR) is 137 cm³/mol. The number of amides is 3. The first-order valence-electron chi connectivity index (χ1n) is 12.7. The second-order valence-corrected chi connectivity index (χ2v) is 9.67. The molecule has 0 aliphatic carbocycles. The highest BCUT2D eigenvalue weighted by molar-refractivity contribution is 5.91. The van der Waals surface area contributed by atoms with Crippen LogP contribution < -0.4 is 15.4 Å². The number of nitrogens with one attached hydrogen (secondary N) is 2. The normalized spacial score (nSPS) is 18.8. The zero-order valence-corrected chi connectivity index (χ0v) is 21.8. The number of rotatable bonds is 11. The molecule has 0 spiro atoms. The molecule has 0 bridgehead atoms. The Hall–Kier alpha value is -3.53. The number of likely N-dealkylation sites (tertiary alicyclic amines) is 1. The fourth-order valence-corrected chi connectivity index (χ4v) is 4.33. The molecule has 2 aromatic carbocycles. The maximum Gasteiger partial charge on any atom is 0.267 e. The van der Waals surface area contributed by atoms with Gasteiger partial charge in [0.05, 0.1) is 19.7 Å². The van der Waals surface area contributed by atoms with Gasteiger partial charge in [-0.15, -0.1) is 0 Å². The highest BCUT2D eigenvalue weighted by Crippen LogP contribution is 2.33. The topological polar surface area (TPSA) is 108 Å². The number of hydrogen-bond donors (Lipinski definition) is 3. The first-order valence-corrected chi connectivity index (χ1v) is 12.7. The number of carbonyl (C=O) groups is 3. The fraction of sp³-hybridized carbons (Fsp3) is 0.464. The van der Waals surface area contributed by atoms with Crippen molar-refractivity contribution >= 4 is 17.7 Å². The smallest absolute Gasteiger partial charge is 0.267 e. The highest BCUT2D eigenvalue weighted by atomic mass is 19.3. The van der Waals surface area contributed by atoms with E-state index in [9.17, 15) is 28.3 Å². The zero-order chi connectivity index (χ0) is 27.9. The minimum Gasteiger partial charge on any atom is -0.497 e. The van der Waals surface area contributed by atoms with E-state index in [2.05, 4.69) is 10.6 Å². The lowest BCUT2D eigenvalue weighted by molar-refractivity contribution is -0.147. The summed E-state index contributed by atoms with van der Waals surface area (Å²) in [6.45, 7) is 2.59. The van der Waals surface area contributed by atoms with Gasteiger partial charge in [-0.3, -0.25) is 14.4 Å². The summed E-state index contributed by atoms with van der Waals surface area (Å²) in [7, 11) is 1.50. The van der Waals surface area contributed by atoms with Gasteiger partial charge in [0.2, 0.25) is 11.8 Å². The van der Waals surface area contributed by atoms with Crippen LogP contribution in [-0.2, 0) is 27.3 Å². The van der Waals surface area contributed by atoms with Crippen molar-refractivity contribution in [3.05, 3.63) is 65.7 Å². The summed E-state index contributed by atoms with van der Waals surface area (Å²) in [6, 6.07) is 13.3. The average Bonchev–Trinajstić information content (AvgIpc) is 3.25. The van der Waals surface area contributed by atoms with Gasteiger partial charge >= 0.3 is 0 Å². The lowest BCUT2D eigenvalue weighted by Gasteiger charge is -2.30. The summed E-state index contributed by atoms with van der Waals surface area (Å²) in [5, 5.41) is 16.4. The first-order chi connectivity index (χ1) is 18.0. The first kappa shape index (κ1) is 29.0. The third kappa shape index (κ3) is 7.50. The van der Waals surface area contributed by atoms with Crippen LogP contribution in [0, 0.1) is 5.92 Å². The van der Waals surface area contributed by atoms with E-state index in [1.807, 2.05) is 6.92 Å². The summed E-state index contributed by atoms with van der Waals surface area (Å²) >= 11 is 0. The van der Waals surface area contributed by atoms with Crippen molar-refractivity contribution in [2.24, 2.45) is 5.92 Å². The zero-order valence-electron chi connectivity index (χ0n) is 21.8. The number of halogens is 2. The Labute approximate surface area is 221 Å². The molecule has 1 aliphatic rings. The van der Waals surface area contributed by atoms with E-state index >= 15 is 0 Å². The Morgan fingerprint density at radius 1 is 1.13 bits per heavy atom. The molecule has 10 heteroatoms. The number of benzene rings is 2. The maximum absolute atomic E-state index is 14.5. The molecule has 206 valence electrons. The third-order valence-corrected chi connectivity index (χ3v) is 6.78. The summed E-state index contributed by atoms with van der Waals surface area (Å²) < 4.78 is 34.1. The van der Waals surface area contributed by atoms with Crippen LogP contribution in [-0.4, -0.2) is 65.5 Å². The molecular formula is C28H35F2N3O5. The summed E-state index contributed by atoms with van der Waals surface area (Å²) in [4.78, 5) is 39.6. The summed E-state index contributed by atoms with van der Waals surface area (Å²) in [5.74, 6) is -5.25. The number of methoxy groups -OCH3 is 1. The molecule has 3 rings (SSSR count). The van der Waals surface area contributed by atoms with Crippen LogP contribution in [0.25, 0.3) is 0 Å². The molecule has 2 aromatic rings. The minimum atomic E-state index is -3.30. The number of nitrogens with zero attached hydrogens (tertiary/aromatic N) is 1. The SMILES string of the molecule is CCC(C)C(=O)NC(Cc1ccccc1)C(O)C(=O)N1CC(F)(F)CC1C(=O)NCc1cccc(OC)c1. The second kappa shape index (κ2) is 12.8. The van der Waals surface area contributed by atoms with Gasteiger partial charge in [-0.2, -0.15) is 0 Å². The Morgan fingerprint density at radius 3 is 2.47 bits per heavy atom. The van der Waals surface area contributed by atoms with E-state index in [1.165, 1.54) is 7.11 Å². The van der Waals surface area contributed by atoms with E-state index in [0.29, 0.717) is 17.7 Å². The molecule has 0 radical (unpaired) electrons. The van der Waals surface area contributed by atoms with Crippen LogP contribution >= 0.6 is 0 Å². The molecule has 1 aliphatic heterocycles. The minimum absolute atomic E-state index is 0.0459. The summed E-state index contributed by atoms with van der Waals surface area (Å²) in [6.07, 6.45) is -2.04. The molecule has 3 amide bonds. The molecule has 4 atom stereocenters. The van der Waals surface area contributed by atoms with Gasteiger partial charge in [0, 0.05) is 18.9 Å². The molecular weight excluding hydrogens is 496 g/mol. The van der Waals surface area contributed by atoms with Crippen LogP contribution in [0.3, 0.4) is 0 Å². The van der Waals surface area contributed by atoms with Crippen molar-refractivity contribution in [2.75, 3.05) is 13.7 Å². The van der Waals surface area contributed by atoms with E-state index < -0.39 is 48.9 Å².